The van der Waals surface area contributed by atoms with Gasteiger partial charge < -0.3 is 10.1 Å². The Hall–Kier alpha value is -1.71. The van der Waals surface area contributed by atoms with Gasteiger partial charge >= 0.3 is 6.09 Å². The van der Waals surface area contributed by atoms with Gasteiger partial charge in [-0.3, -0.25) is 5.32 Å². The van der Waals surface area contributed by atoms with Crippen molar-refractivity contribution in [3.8, 4) is 0 Å². The first-order valence-electron chi connectivity index (χ1n) is 6.99. The number of rotatable bonds is 3. The minimum atomic E-state index is -0.438. The lowest BCUT2D eigenvalue weighted by Gasteiger charge is -2.18. The number of hydrogen-bond donors (Lipinski definition) is 2. The average molecular weight is 262 g/mol. The number of anilines is 2. The second-order valence-corrected chi connectivity index (χ2v) is 5.03. The zero-order valence-electron chi connectivity index (χ0n) is 11.4. The third-order valence-corrected chi connectivity index (χ3v) is 3.52. The first-order chi connectivity index (χ1) is 9.28. The normalized spacial score (nSPS) is 16.5. The second-order valence-electron chi connectivity index (χ2n) is 5.03. The van der Waals surface area contributed by atoms with E-state index in [1.54, 1.807) is 0 Å². The molecule has 0 atom stereocenters. The molecule has 1 amide bonds. The molecule has 0 heterocycles. The van der Waals surface area contributed by atoms with Crippen LogP contribution in [0.5, 0.6) is 0 Å². The number of carbonyl (C=O) groups is 1. The quantitative estimate of drug-likeness (QED) is 0.809. The number of carbonyl (C=O) groups excluding carboxylic acids is 1. The maximum atomic E-state index is 11.2. The van der Waals surface area contributed by atoms with Crippen LogP contribution in [0.25, 0.3) is 0 Å². The highest BCUT2D eigenvalue weighted by Gasteiger charge is 2.12. The van der Waals surface area contributed by atoms with E-state index in [1.165, 1.54) is 45.6 Å². The standard InChI is InChI=1S/C15H22N2O2/c1-19-15(18)17-14-10-6-9-13(11-14)16-12-7-4-2-3-5-8-12/h6,9-12,16H,2-5,7-8H2,1H3,(H,17,18). The van der Waals surface area contributed by atoms with E-state index in [0.29, 0.717) is 6.04 Å². The van der Waals surface area contributed by atoms with E-state index in [4.69, 9.17) is 0 Å². The summed E-state index contributed by atoms with van der Waals surface area (Å²) in [6.45, 7) is 0. The third-order valence-electron chi connectivity index (χ3n) is 3.52. The molecule has 0 radical (unpaired) electrons. The van der Waals surface area contributed by atoms with Gasteiger partial charge in [-0.1, -0.05) is 31.7 Å². The van der Waals surface area contributed by atoms with Crippen LogP contribution in [0.3, 0.4) is 0 Å². The van der Waals surface area contributed by atoms with Gasteiger partial charge in [0.25, 0.3) is 0 Å². The third kappa shape index (κ3) is 4.47. The van der Waals surface area contributed by atoms with Crippen LogP contribution in [0.15, 0.2) is 24.3 Å². The smallest absolute Gasteiger partial charge is 0.411 e. The van der Waals surface area contributed by atoms with E-state index in [0.717, 1.165) is 11.4 Å². The topological polar surface area (TPSA) is 50.4 Å². The van der Waals surface area contributed by atoms with Gasteiger partial charge in [0.1, 0.15) is 0 Å². The molecule has 1 fully saturated rings. The van der Waals surface area contributed by atoms with Gasteiger partial charge in [-0.05, 0) is 31.0 Å². The van der Waals surface area contributed by atoms with Crippen LogP contribution in [0, 0.1) is 0 Å². The lowest BCUT2D eigenvalue weighted by atomic mass is 10.1. The molecule has 1 saturated carbocycles. The maximum Gasteiger partial charge on any atom is 0.411 e. The SMILES string of the molecule is COC(=O)Nc1cccc(NC2CCCCCC2)c1. The molecule has 4 heteroatoms. The summed E-state index contributed by atoms with van der Waals surface area (Å²) >= 11 is 0. The molecule has 0 saturated heterocycles. The van der Waals surface area contributed by atoms with Gasteiger partial charge in [0.2, 0.25) is 0 Å². The fourth-order valence-electron chi connectivity index (χ4n) is 2.52. The number of amides is 1. The van der Waals surface area contributed by atoms with Crippen molar-refractivity contribution >= 4 is 17.5 Å². The first kappa shape index (κ1) is 13.7. The molecule has 0 aliphatic heterocycles. The van der Waals surface area contributed by atoms with Crippen LogP contribution in [0.1, 0.15) is 38.5 Å². The molecule has 1 aliphatic rings. The van der Waals surface area contributed by atoms with E-state index in [-0.39, 0.29) is 0 Å². The van der Waals surface area contributed by atoms with Gasteiger partial charge in [0.15, 0.2) is 0 Å². The van der Waals surface area contributed by atoms with E-state index >= 15 is 0 Å². The van der Waals surface area contributed by atoms with Crippen LogP contribution in [-0.2, 0) is 4.74 Å². The molecule has 1 aromatic rings. The van der Waals surface area contributed by atoms with Gasteiger partial charge in [0, 0.05) is 17.4 Å². The summed E-state index contributed by atoms with van der Waals surface area (Å²) in [5.74, 6) is 0. The summed E-state index contributed by atoms with van der Waals surface area (Å²) in [6.07, 6.45) is 7.33. The Morgan fingerprint density at radius 3 is 2.53 bits per heavy atom. The van der Waals surface area contributed by atoms with Crippen LogP contribution in [-0.4, -0.2) is 19.2 Å². The predicted octanol–water partition coefficient (Wildman–Crippen LogP) is 4.00. The Morgan fingerprint density at radius 2 is 1.84 bits per heavy atom. The van der Waals surface area contributed by atoms with Gasteiger partial charge in [0.05, 0.1) is 7.11 Å². The predicted molar refractivity (Wildman–Crippen MR) is 77.6 cm³/mol. The fourth-order valence-corrected chi connectivity index (χ4v) is 2.52. The molecule has 0 bridgehead atoms. The number of benzene rings is 1. The number of ether oxygens (including phenoxy) is 1. The van der Waals surface area contributed by atoms with Crippen molar-refractivity contribution in [2.45, 2.75) is 44.6 Å². The van der Waals surface area contributed by atoms with Gasteiger partial charge in [-0.15, -0.1) is 0 Å². The number of nitrogens with one attached hydrogen (secondary N) is 2. The zero-order valence-corrected chi connectivity index (χ0v) is 11.4. The molecule has 2 rings (SSSR count). The molecule has 2 N–H and O–H groups in total. The lowest BCUT2D eigenvalue weighted by molar-refractivity contribution is 0.187. The molecule has 19 heavy (non-hydrogen) atoms. The van der Waals surface area contributed by atoms with Gasteiger partial charge in [-0.25, -0.2) is 4.79 Å². The van der Waals surface area contributed by atoms with Crippen LogP contribution in [0.4, 0.5) is 16.2 Å². The Morgan fingerprint density at radius 1 is 1.16 bits per heavy atom. The highest BCUT2D eigenvalue weighted by molar-refractivity contribution is 5.85. The summed E-state index contributed by atoms with van der Waals surface area (Å²) in [5.41, 5.74) is 1.81. The van der Waals surface area contributed by atoms with E-state index in [1.807, 2.05) is 24.3 Å². The summed E-state index contributed by atoms with van der Waals surface area (Å²) in [7, 11) is 1.36. The van der Waals surface area contributed by atoms with Crippen molar-refractivity contribution in [3.63, 3.8) is 0 Å². The second kappa shape index (κ2) is 7.02. The molecule has 0 aromatic heterocycles. The molecule has 0 unspecified atom stereocenters. The molecular formula is C15H22N2O2. The summed E-state index contributed by atoms with van der Waals surface area (Å²) in [4.78, 5) is 11.2. The highest BCUT2D eigenvalue weighted by atomic mass is 16.5. The van der Waals surface area contributed by atoms with E-state index in [9.17, 15) is 4.79 Å². The highest BCUT2D eigenvalue weighted by Crippen LogP contribution is 2.22. The average Bonchev–Trinajstić information content (AvgIpc) is 2.67. The molecule has 1 aromatic carbocycles. The lowest BCUT2D eigenvalue weighted by Crippen LogP contribution is -2.18. The van der Waals surface area contributed by atoms with Crippen molar-refractivity contribution < 1.29 is 9.53 Å². The molecule has 4 nitrogen and oxygen atoms in total. The monoisotopic (exact) mass is 262 g/mol. The fraction of sp³-hybridized carbons (Fsp3) is 0.533. The molecule has 1 aliphatic carbocycles. The number of hydrogen-bond acceptors (Lipinski definition) is 3. The van der Waals surface area contributed by atoms with Crippen molar-refractivity contribution in [2.24, 2.45) is 0 Å². The molecular weight excluding hydrogens is 240 g/mol. The Labute approximate surface area is 114 Å². The van der Waals surface area contributed by atoms with Gasteiger partial charge in [-0.2, -0.15) is 0 Å². The van der Waals surface area contributed by atoms with Crippen LogP contribution in [0.2, 0.25) is 0 Å². The van der Waals surface area contributed by atoms with Crippen molar-refractivity contribution in [1.82, 2.24) is 0 Å². The summed E-state index contributed by atoms with van der Waals surface area (Å²) in [6, 6.07) is 8.32. The van der Waals surface area contributed by atoms with Crippen molar-refractivity contribution in [2.75, 3.05) is 17.7 Å². The summed E-state index contributed by atoms with van der Waals surface area (Å²) < 4.78 is 4.59. The zero-order chi connectivity index (χ0) is 13.5. The van der Waals surface area contributed by atoms with Crippen molar-refractivity contribution in [1.29, 1.82) is 0 Å². The minimum absolute atomic E-state index is 0.438. The first-order valence-corrected chi connectivity index (χ1v) is 6.99. The van der Waals surface area contributed by atoms with Crippen LogP contribution >= 0.6 is 0 Å². The van der Waals surface area contributed by atoms with E-state index < -0.39 is 6.09 Å². The largest absolute Gasteiger partial charge is 0.453 e. The van der Waals surface area contributed by atoms with E-state index in [2.05, 4.69) is 15.4 Å². The minimum Gasteiger partial charge on any atom is -0.453 e. The maximum absolute atomic E-state index is 11.2. The Bertz CT molecular complexity index is 412. The summed E-state index contributed by atoms with van der Waals surface area (Å²) in [5, 5.41) is 6.24. The van der Waals surface area contributed by atoms with Crippen molar-refractivity contribution in [3.05, 3.63) is 24.3 Å². The van der Waals surface area contributed by atoms with Crippen LogP contribution < -0.4 is 10.6 Å². The Balaban J connectivity index is 1.95. The Kier molecular flexibility index (Phi) is 5.07. The molecule has 104 valence electrons. The number of methoxy groups -OCH3 is 1. The molecule has 0 spiro atoms.